The van der Waals surface area contributed by atoms with Gasteiger partial charge in [0.2, 0.25) is 6.29 Å². The zero-order chi connectivity index (χ0) is 42.4. The summed E-state index contributed by atoms with van der Waals surface area (Å²) in [7, 11) is 0. The Hall–Kier alpha value is -1.68. The summed E-state index contributed by atoms with van der Waals surface area (Å²) in [6.07, 6.45) is -37.2. The zero-order valence-electron chi connectivity index (χ0n) is 30.4. The molecule has 0 spiro atoms. The first-order chi connectivity index (χ1) is 27.6. The second kappa shape index (κ2) is 18.7. The number of aliphatic hydroxyl groups excluding tert-OH is 16. The van der Waals surface area contributed by atoms with E-state index in [1.54, 1.807) is 0 Å². The zero-order valence-corrected chi connectivity index (χ0v) is 30.4. The van der Waals surface area contributed by atoms with Crippen LogP contribution in [0.25, 0.3) is 0 Å². The van der Waals surface area contributed by atoms with E-state index in [2.05, 4.69) is 0 Å². The Morgan fingerprint density at radius 2 is 0.879 bits per heavy atom. The van der Waals surface area contributed by atoms with Crippen molar-refractivity contribution in [2.45, 2.75) is 141 Å². The molecule has 0 radical (unpaired) electrons. The van der Waals surface area contributed by atoms with Gasteiger partial charge in [-0.3, -0.25) is 0 Å². The molecule has 0 saturated carbocycles. The summed E-state index contributed by atoms with van der Waals surface area (Å²) in [6.45, 7) is -4.29. The summed E-state index contributed by atoms with van der Waals surface area (Å²) in [4.78, 5) is 0. The maximum atomic E-state index is 11.5. The summed E-state index contributed by atoms with van der Waals surface area (Å²) in [5.74, 6) is -1.41. The maximum Gasteiger partial charge on any atom is 0.211 e. The van der Waals surface area contributed by atoms with Gasteiger partial charge in [0.1, 0.15) is 109 Å². The van der Waals surface area contributed by atoms with Crippen LogP contribution in [0, 0.1) is 5.92 Å². The van der Waals surface area contributed by atoms with Crippen molar-refractivity contribution in [3.8, 4) is 0 Å². The first-order valence-electron chi connectivity index (χ1n) is 18.4. The predicted molar refractivity (Wildman–Crippen MR) is 176 cm³/mol. The highest BCUT2D eigenvalue weighted by Crippen LogP contribution is 2.48. The van der Waals surface area contributed by atoms with E-state index in [9.17, 15) is 81.7 Å². The van der Waals surface area contributed by atoms with Gasteiger partial charge < -0.3 is 124 Å². The molecule has 334 valence electrons. The van der Waals surface area contributed by atoms with Gasteiger partial charge in [-0.05, 0) is 11.6 Å². The van der Waals surface area contributed by atoms with E-state index in [-0.39, 0.29) is 5.57 Å². The molecule has 0 unspecified atom stereocenters. The quantitative estimate of drug-likeness (QED) is 0.0765. The molecule has 0 aromatic heterocycles. The molecule has 0 bridgehead atoms. The molecule has 24 atom stereocenters. The molecule has 1 aliphatic carbocycles. The van der Waals surface area contributed by atoms with Gasteiger partial charge in [-0.15, -0.1) is 0 Å². The molecule has 6 aliphatic rings. The van der Waals surface area contributed by atoms with E-state index < -0.39 is 180 Å². The standard InChI is InChI=1S/C33H52O25/c34-4-9-3-14(39)33(1-2-50-28(15(9)33)57-30-25(49)21(45)17(41)11(6-36)52-30)58-32-27(23(47)19(43)13(8-38)54-32)56-31-26(22(46)18(42)12(7-37)53-31)55-29-24(48)20(44)16(40)10(5-35)51-29/h1-3,10-32,34-49H,4-8H2/t10-,11-,12+,13-,14-,15+,16-,17-,18+,19-,20+,21+,22-,23+,24-,25-,26+,27-,28+,29+,30+,31-,32+,33-/m1/s1. The summed E-state index contributed by atoms with van der Waals surface area (Å²) < 4.78 is 51.8. The third kappa shape index (κ3) is 8.31. The van der Waals surface area contributed by atoms with Crippen LogP contribution in [-0.4, -0.2) is 256 Å². The average Bonchev–Trinajstić information content (AvgIpc) is 3.51. The first kappa shape index (κ1) is 45.8. The van der Waals surface area contributed by atoms with Crippen LogP contribution >= 0.6 is 0 Å². The minimum Gasteiger partial charge on any atom is -0.472 e. The van der Waals surface area contributed by atoms with Gasteiger partial charge in [-0.2, -0.15) is 0 Å². The molecule has 25 nitrogen and oxygen atoms in total. The third-order valence-corrected chi connectivity index (χ3v) is 11.2. The van der Waals surface area contributed by atoms with Gasteiger partial charge in [0.25, 0.3) is 0 Å². The summed E-state index contributed by atoms with van der Waals surface area (Å²) in [6, 6.07) is 0. The van der Waals surface area contributed by atoms with Crippen molar-refractivity contribution in [3.63, 3.8) is 0 Å². The lowest BCUT2D eigenvalue weighted by Gasteiger charge is -2.51. The summed E-state index contributed by atoms with van der Waals surface area (Å²) >= 11 is 0. The van der Waals surface area contributed by atoms with Gasteiger partial charge in [-0.1, -0.05) is 6.08 Å². The Kier molecular flexibility index (Phi) is 14.8. The molecule has 4 fully saturated rings. The lowest BCUT2D eigenvalue weighted by atomic mass is 9.82. The fraction of sp³-hybridized carbons (Fsp3) is 0.879. The Balaban J connectivity index is 1.31. The van der Waals surface area contributed by atoms with E-state index in [4.69, 9.17) is 42.6 Å². The molecule has 5 aliphatic heterocycles. The minimum atomic E-state index is -2.13. The van der Waals surface area contributed by atoms with Crippen molar-refractivity contribution >= 4 is 0 Å². The second-order valence-corrected chi connectivity index (χ2v) is 14.7. The highest BCUT2D eigenvalue weighted by Gasteiger charge is 2.62. The minimum absolute atomic E-state index is 0.00511. The predicted octanol–water partition coefficient (Wildman–Crippen LogP) is -10.2. The van der Waals surface area contributed by atoms with E-state index >= 15 is 0 Å². The van der Waals surface area contributed by atoms with Gasteiger partial charge in [-0.25, -0.2) is 0 Å². The van der Waals surface area contributed by atoms with Gasteiger partial charge in [0, 0.05) is 0 Å². The average molecular weight is 849 g/mol. The Morgan fingerprint density at radius 1 is 0.466 bits per heavy atom. The third-order valence-electron chi connectivity index (χ3n) is 11.2. The fourth-order valence-corrected chi connectivity index (χ4v) is 7.86. The van der Waals surface area contributed by atoms with Crippen molar-refractivity contribution in [1.29, 1.82) is 0 Å². The fourth-order valence-electron chi connectivity index (χ4n) is 7.86. The molecule has 6 rings (SSSR count). The largest absolute Gasteiger partial charge is 0.472 e. The lowest BCUT2D eigenvalue weighted by molar-refractivity contribution is -0.403. The highest BCUT2D eigenvalue weighted by atomic mass is 16.8. The van der Waals surface area contributed by atoms with Crippen LogP contribution in [0.15, 0.2) is 24.0 Å². The molecule has 16 N–H and O–H groups in total. The molecular weight excluding hydrogens is 796 g/mol. The Labute approximate surface area is 328 Å². The van der Waals surface area contributed by atoms with Gasteiger partial charge in [0.05, 0.1) is 45.2 Å². The second-order valence-electron chi connectivity index (χ2n) is 14.7. The molecule has 58 heavy (non-hydrogen) atoms. The normalized spacial score (nSPS) is 52.2. The van der Waals surface area contributed by atoms with E-state index in [0.717, 1.165) is 18.4 Å². The van der Waals surface area contributed by atoms with Crippen LogP contribution in [0.1, 0.15) is 0 Å². The Bertz CT molecular complexity index is 1400. The van der Waals surface area contributed by atoms with E-state index in [1.165, 1.54) is 0 Å². The molecule has 25 heteroatoms. The van der Waals surface area contributed by atoms with Crippen LogP contribution in [0.3, 0.4) is 0 Å². The van der Waals surface area contributed by atoms with Crippen LogP contribution < -0.4 is 0 Å². The van der Waals surface area contributed by atoms with Crippen LogP contribution in [-0.2, 0) is 42.6 Å². The van der Waals surface area contributed by atoms with E-state index in [0.29, 0.717) is 0 Å². The monoisotopic (exact) mass is 848 g/mol. The van der Waals surface area contributed by atoms with Crippen molar-refractivity contribution in [2.24, 2.45) is 5.92 Å². The van der Waals surface area contributed by atoms with Crippen LogP contribution in [0.4, 0.5) is 0 Å². The van der Waals surface area contributed by atoms with Crippen LogP contribution in [0.5, 0.6) is 0 Å². The first-order valence-corrected chi connectivity index (χ1v) is 18.4. The Morgan fingerprint density at radius 3 is 1.36 bits per heavy atom. The molecule has 0 aromatic rings. The van der Waals surface area contributed by atoms with Crippen molar-refractivity contribution < 1.29 is 124 Å². The molecule has 0 amide bonds. The van der Waals surface area contributed by atoms with E-state index in [1.807, 2.05) is 0 Å². The summed E-state index contributed by atoms with van der Waals surface area (Å²) in [5.41, 5.74) is -2.13. The molecule has 0 aromatic carbocycles. The SMILES string of the molecule is OCC1=C[C@@H](O)[C@]2(O[C@@H]3O[C@H](CO)[C@@H](O)[C@H](O)[C@H]3O[C@H]3O[C@@H](CO)[C@H](O)[C@@H](O)[C@@H]3O[C@@H]3O[C@H](CO)[C@@H](O)[C@H](O)[C@H]3O)C=CO[C@@H](O[C@@H]3O[C@H](CO)[C@@H](O)[C@H](O)[C@H]3O)[C@H]12. The smallest absolute Gasteiger partial charge is 0.211 e. The number of fused-ring (bicyclic) bond motifs is 1. The lowest BCUT2D eigenvalue weighted by Crippen LogP contribution is -2.68. The van der Waals surface area contributed by atoms with Crippen LogP contribution in [0.2, 0.25) is 0 Å². The number of hydrogen-bond donors (Lipinski definition) is 16. The number of rotatable bonds is 13. The van der Waals surface area contributed by atoms with Crippen molar-refractivity contribution in [2.75, 3.05) is 33.0 Å². The summed E-state index contributed by atoms with van der Waals surface area (Å²) in [5, 5.41) is 168. The number of hydrogen-bond acceptors (Lipinski definition) is 25. The van der Waals surface area contributed by atoms with Crippen molar-refractivity contribution in [3.05, 3.63) is 24.0 Å². The van der Waals surface area contributed by atoms with Crippen molar-refractivity contribution in [1.82, 2.24) is 0 Å². The topological polar surface area (TPSA) is 407 Å². The molecule has 4 saturated heterocycles. The highest BCUT2D eigenvalue weighted by molar-refractivity contribution is 5.34. The number of ether oxygens (including phenoxy) is 9. The number of aliphatic hydroxyl groups is 16. The maximum absolute atomic E-state index is 11.5. The molecular formula is C33H52O25. The molecule has 5 heterocycles. The van der Waals surface area contributed by atoms with Gasteiger partial charge in [0.15, 0.2) is 25.2 Å². The van der Waals surface area contributed by atoms with Gasteiger partial charge >= 0.3 is 0 Å².